The van der Waals surface area contributed by atoms with Crippen LogP contribution >= 0.6 is 11.8 Å². The zero-order valence-corrected chi connectivity index (χ0v) is 9.66. The summed E-state index contributed by atoms with van der Waals surface area (Å²) in [4.78, 5) is 1.34. The molecule has 0 radical (unpaired) electrons. The molecule has 0 spiro atoms. The van der Waals surface area contributed by atoms with E-state index in [-0.39, 0.29) is 0 Å². The van der Waals surface area contributed by atoms with Crippen molar-refractivity contribution >= 4 is 17.4 Å². The van der Waals surface area contributed by atoms with Gasteiger partial charge in [-0.3, -0.25) is 0 Å². The minimum absolute atomic E-state index is 0.969. The standard InChI is InChI=1S/C11H18N2S/c1-3-14-11-6-4-10(5-7-11)13-9-8-12-2/h4-7,12-13H,3,8-9H2,1-2H3. The van der Waals surface area contributed by atoms with Crippen LogP contribution in [0.4, 0.5) is 5.69 Å². The van der Waals surface area contributed by atoms with Gasteiger partial charge in [-0.05, 0) is 37.1 Å². The summed E-state index contributed by atoms with van der Waals surface area (Å²) in [6, 6.07) is 8.59. The zero-order valence-electron chi connectivity index (χ0n) is 8.84. The van der Waals surface area contributed by atoms with Crippen molar-refractivity contribution in [3.05, 3.63) is 24.3 Å². The van der Waals surface area contributed by atoms with Gasteiger partial charge in [0.25, 0.3) is 0 Å². The summed E-state index contributed by atoms with van der Waals surface area (Å²) in [7, 11) is 1.96. The first-order valence-corrected chi connectivity index (χ1v) is 5.96. The van der Waals surface area contributed by atoms with E-state index in [1.54, 1.807) is 0 Å². The molecule has 0 unspecified atom stereocenters. The summed E-state index contributed by atoms with van der Waals surface area (Å²) < 4.78 is 0. The smallest absolute Gasteiger partial charge is 0.0341 e. The van der Waals surface area contributed by atoms with E-state index < -0.39 is 0 Å². The number of benzene rings is 1. The van der Waals surface area contributed by atoms with E-state index in [9.17, 15) is 0 Å². The number of hydrogen-bond acceptors (Lipinski definition) is 3. The highest BCUT2D eigenvalue weighted by molar-refractivity contribution is 7.99. The normalized spacial score (nSPS) is 10.1. The number of anilines is 1. The van der Waals surface area contributed by atoms with Crippen molar-refractivity contribution in [2.75, 3.05) is 31.2 Å². The maximum Gasteiger partial charge on any atom is 0.0341 e. The van der Waals surface area contributed by atoms with Crippen molar-refractivity contribution in [1.82, 2.24) is 5.32 Å². The Morgan fingerprint density at radius 1 is 1.14 bits per heavy atom. The van der Waals surface area contributed by atoms with Crippen molar-refractivity contribution in [2.24, 2.45) is 0 Å². The summed E-state index contributed by atoms with van der Waals surface area (Å²) >= 11 is 1.87. The fraction of sp³-hybridized carbons (Fsp3) is 0.455. The van der Waals surface area contributed by atoms with E-state index >= 15 is 0 Å². The van der Waals surface area contributed by atoms with E-state index in [1.807, 2.05) is 18.8 Å². The molecule has 14 heavy (non-hydrogen) atoms. The third-order valence-corrected chi connectivity index (χ3v) is 2.76. The first kappa shape index (κ1) is 11.4. The molecule has 1 aromatic carbocycles. The highest BCUT2D eigenvalue weighted by Gasteiger charge is 1.92. The third-order valence-electron chi connectivity index (χ3n) is 1.87. The second-order valence-electron chi connectivity index (χ2n) is 2.99. The largest absolute Gasteiger partial charge is 0.384 e. The molecular formula is C11H18N2S. The molecule has 0 saturated heterocycles. The predicted octanol–water partition coefficient (Wildman–Crippen LogP) is 2.43. The fourth-order valence-corrected chi connectivity index (χ4v) is 1.83. The van der Waals surface area contributed by atoms with Crippen LogP contribution in [0.3, 0.4) is 0 Å². The highest BCUT2D eigenvalue weighted by Crippen LogP contribution is 2.19. The predicted molar refractivity (Wildman–Crippen MR) is 65.3 cm³/mol. The van der Waals surface area contributed by atoms with Crippen LogP contribution in [0.15, 0.2) is 29.2 Å². The second-order valence-corrected chi connectivity index (χ2v) is 4.33. The maximum absolute atomic E-state index is 3.34. The van der Waals surface area contributed by atoms with E-state index in [0.29, 0.717) is 0 Å². The van der Waals surface area contributed by atoms with Crippen molar-refractivity contribution in [3.8, 4) is 0 Å². The summed E-state index contributed by atoms with van der Waals surface area (Å²) in [6.07, 6.45) is 0. The third kappa shape index (κ3) is 4.03. The van der Waals surface area contributed by atoms with Gasteiger partial charge in [0.15, 0.2) is 0 Å². The first-order chi connectivity index (χ1) is 6.86. The second kappa shape index (κ2) is 6.74. The lowest BCUT2D eigenvalue weighted by molar-refractivity contribution is 0.824. The Hall–Kier alpha value is -0.670. The van der Waals surface area contributed by atoms with Gasteiger partial charge < -0.3 is 10.6 Å². The molecule has 0 atom stereocenters. The minimum atomic E-state index is 0.969. The van der Waals surface area contributed by atoms with Crippen LogP contribution in [0.1, 0.15) is 6.92 Å². The molecule has 0 heterocycles. The molecule has 0 bridgehead atoms. The lowest BCUT2D eigenvalue weighted by Crippen LogP contribution is -2.17. The molecule has 0 saturated carbocycles. The lowest BCUT2D eigenvalue weighted by Gasteiger charge is -2.06. The van der Waals surface area contributed by atoms with Crippen LogP contribution in [0.5, 0.6) is 0 Å². The molecule has 0 aliphatic heterocycles. The van der Waals surface area contributed by atoms with E-state index in [2.05, 4.69) is 41.8 Å². The molecule has 78 valence electrons. The molecule has 3 heteroatoms. The van der Waals surface area contributed by atoms with Gasteiger partial charge in [-0.1, -0.05) is 6.92 Å². The number of hydrogen-bond donors (Lipinski definition) is 2. The van der Waals surface area contributed by atoms with Crippen molar-refractivity contribution in [1.29, 1.82) is 0 Å². The van der Waals surface area contributed by atoms with Crippen molar-refractivity contribution < 1.29 is 0 Å². The van der Waals surface area contributed by atoms with E-state index in [1.165, 1.54) is 10.6 Å². The monoisotopic (exact) mass is 210 g/mol. The maximum atomic E-state index is 3.34. The Balaban J connectivity index is 2.38. The summed E-state index contributed by atoms with van der Waals surface area (Å²) in [5, 5.41) is 6.45. The molecule has 1 aromatic rings. The van der Waals surface area contributed by atoms with Crippen LogP contribution in [0.2, 0.25) is 0 Å². The molecule has 0 fully saturated rings. The summed E-state index contributed by atoms with van der Waals surface area (Å²) in [6.45, 7) is 4.13. The Morgan fingerprint density at radius 2 is 1.86 bits per heavy atom. The molecule has 0 amide bonds. The molecule has 1 rings (SSSR count). The topological polar surface area (TPSA) is 24.1 Å². The SMILES string of the molecule is CCSc1ccc(NCCNC)cc1. The van der Waals surface area contributed by atoms with Gasteiger partial charge in [0.1, 0.15) is 0 Å². The van der Waals surface area contributed by atoms with Gasteiger partial charge >= 0.3 is 0 Å². The van der Waals surface area contributed by atoms with Crippen LogP contribution in [0, 0.1) is 0 Å². The Morgan fingerprint density at radius 3 is 2.43 bits per heavy atom. The zero-order chi connectivity index (χ0) is 10.2. The van der Waals surface area contributed by atoms with Crippen LogP contribution in [-0.2, 0) is 0 Å². The van der Waals surface area contributed by atoms with Gasteiger partial charge in [0.2, 0.25) is 0 Å². The Kier molecular flexibility index (Phi) is 5.49. The van der Waals surface area contributed by atoms with Gasteiger partial charge in [-0.15, -0.1) is 11.8 Å². The number of nitrogens with one attached hydrogen (secondary N) is 2. The molecule has 2 N–H and O–H groups in total. The molecule has 0 aliphatic carbocycles. The van der Waals surface area contributed by atoms with E-state index in [0.717, 1.165) is 18.8 Å². The van der Waals surface area contributed by atoms with Gasteiger partial charge in [-0.2, -0.15) is 0 Å². The van der Waals surface area contributed by atoms with Crippen LogP contribution in [-0.4, -0.2) is 25.9 Å². The summed E-state index contributed by atoms with van der Waals surface area (Å²) in [5.74, 6) is 1.13. The first-order valence-electron chi connectivity index (χ1n) is 4.98. The van der Waals surface area contributed by atoms with Crippen LogP contribution in [0.25, 0.3) is 0 Å². The van der Waals surface area contributed by atoms with Crippen molar-refractivity contribution in [2.45, 2.75) is 11.8 Å². The number of rotatable bonds is 6. The average Bonchev–Trinajstić information content (AvgIpc) is 2.21. The van der Waals surface area contributed by atoms with Gasteiger partial charge in [0.05, 0.1) is 0 Å². The average molecular weight is 210 g/mol. The molecule has 2 nitrogen and oxygen atoms in total. The fourth-order valence-electron chi connectivity index (χ4n) is 1.17. The van der Waals surface area contributed by atoms with Crippen LogP contribution < -0.4 is 10.6 Å². The Labute approximate surface area is 90.5 Å². The van der Waals surface area contributed by atoms with E-state index in [4.69, 9.17) is 0 Å². The van der Waals surface area contributed by atoms with Gasteiger partial charge in [-0.25, -0.2) is 0 Å². The lowest BCUT2D eigenvalue weighted by atomic mass is 10.3. The highest BCUT2D eigenvalue weighted by atomic mass is 32.2. The van der Waals surface area contributed by atoms with Crippen molar-refractivity contribution in [3.63, 3.8) is 0 Å². The molecule has 0 aliphatic rings. The Bertz CT molecular complexity index is 246. The number of thioether (sulfide) groups is 1. The molecule has 0 aromatic heterocycles. The summed E-state index contributed by atoms with van der Waals surface area (Å²) in [5.41, 5.74) is 1.20. The molecular weight excluding hydrogens is 192 g/mol. The minimum Gasteiger partial charge on any atom is -0.384 e. The quantitative estimate of drug-likeness (QED) is 0.557. The number of likely N-dealkylation sites (N-methyl/N-ethyl adjacent to an activating group) is 1. The van der Waals surface area contributed by atoms with Gasteiger partial charge in [0, 0.05) is 23.7 Å².